The van der Waals surface area contributed by atoms with E-state index in [0.717, 1.165) is 45.4 Å². The highest BCUT2D eigenvalue weighted by molar-refractivity contribution is 7.22. The van der Waals surface area contributed by atoms with Crippen LogP contribution < -0.4 is 0 Å². The maximum atomic E-state index is 13.1. The Morgan fingerprint density at radius 2 is 2.20 bits per heavy atom. The maximum Gasteiger partial charge on any atom is 0.266 e. The summed E-state index contributed by atoms with van der Waals surface area (Å²) < 4.78 is 0. The van der Waals surface area contributed by atoms with Crippen molar-refractivity contribution in [3.63, 3.8) is 0 Å². The Bertz CT molecular complexity index is 901. The Morgan fingerprint density at radius 3 is 3.00 bits per heavy atom. The lowest BCUT2D eigenvalue weighted by molar-refractivity contribution is 0.0715. The van der Waals surface area contributed by atoms with E-state index >= 15 is 0 Å². The minimum absolute atomic E-state index is 0.0429. The molecule has 0 N–H and O–H groups in total. The van der Waals surface area contributed by atoms with E-state index in [-0.39, 0.29) is 11.9 Å². The Hall–Kier alpha value is -2.05. The maximum absolute atomic E-state index is 13.1. The van der Waals surface area contributed by atoms with Crippen LogP contribution in [0.4, 0.5) is 0 Å². The number of hydrogen-bond donors (Lipinski definition) is 0. The number of hydrogen-bond acceptors (Lipinski definition) is 5. The molecule has 1 aliphatic carbocycles. The second kappa shape index (κ2) is 6.69. The van der Waals surface area contributed by atoms with Gasteiger partial charge in [-0.25, -0.2) is 4.98 Å². The zero-order valence-electron chi connectivity index (χ0n) is 14.2. The van der Waals surface area contributed by atoms with E-state index in [1.807, 2.05) is 48.6 Å². The number of thiazole rings is 1. The van der Waals surface area contributed by atoms with Crippen molar-refractivity contribution in [3.8, 4) is 9.88 Å². The molecule has 0 fully saturated rings. The van der Waals surface area contributed by atoms with Crippen LogP contribution in [0.5, 0.6) is 0 Å². The lowest BCUT2D eigenvalue weighted by Gasteiger charge is -2.32. The molecule has 0 aliphatic heterocycles. The van der Waals surface area contributed by atoms with Crippen LogP contribution in [0.1, 0.15) is 45.5 Å². The number of pyridine rings is 1. The smallest absolute Gasteiger partial charge is 0.266 e. The summed E-state index contributed by atoms with van der Waals surface area (Å²) in [6, 6.07) is 8.20. The van der Waals surface area contributed by atoms with Gasteiger partial charge in [-0.15, -0.1) is 22.7 Å². The number of aromatic nitrogens is 2. The molecular weight excluding hydrogens is 350 g/mol. The largest absolute Gasteiger partial charge is 0.332 e. The summed E-state index contributed by atoms with van der Waals surface area (Å²) in [7, 11) is 1.89. The molecule has 128 valence electrons. The van der Waals surface area contributed by atoms with Gasteiger partial charge in [-0.05, 0) is 49.3 Å². The predicted molar refractivity (Wildman–Crippen MR) is 102 cm³/mol. The first-order valence-corrected chi connectivity index (χ1v) is 10.1. The van der Waals surface area contributed by atoms with E-state index in [0.29, 0.717) is 0 Å². The molecule has 3 aromatic heterocycles. The van der Waals surface area contributed by atoms with Crippen LogP contribution >= 0.6 is 22.7 Å². The third-order valence-electron chi connectivity index (χ3n) is 4.68. The van der Waals surface area contributed by atoms with Gasteiger partial charge in [0.1, 0.15) is 9.88 Å². The molecule has 1 amide bonds. The number of carbonyl (C=O) groups is 1. The molecule has 0 aromatic carbocycles. The molecule has 0 saturated heterocycles. The van der Waals surface area contributed by atoms with Crippen LogP contribution in [0.15, 0.2) is 35.8 Å². The fourth-order valence-electron chi connectivity index (χ4n) is 3.36. The van der Waals surface area contributed by atoms with Crippen molar-refractivity contribution in [2.45, 2.75) is 32.2 Å². The third kappa shape index (κ3) is 3.00. The van der Waals surface area contributed by atoms with Gasteiger partial charge in [0.2, 0.25) is 0 Å². The standard InChI is InChI=1S/C19H19N3OS2/c1-12-17(25-18(21-12)15-9-5-11-24-15)19(23)22(2)14-8-3-6-13-7-4-10-20-16(13)14/h4-5,7,9-11,14H,3,6,8H2,1-2H3/t14-/m0/s1. The average Bonchev–Trinajstić information content (AvgIpc) is 3.29. The second-order valence-corrected chi connectivity index (χ2v) is 8.23. The fraction of sp³-hybridized carbons (Fsp3) is 0.316. The highest BCUT2D eigenvalue weighted by atomic mass is 32.1. The molecule has 25 heavy (non-hydrogen) atoms. The minimum atomic E-state index is 0.0429. The Kier molecular flexibility index (Phi) is 4.39. The summed E-state index contributed by atoms with van der Waals surface area (Å²) in [6.45, 7) is 1.92. The van der Waals surface area contributed by atoms with Crippen molar-refractivity contribution in [3.05, 3.63) is 57.7 Å². The van der Waals surface area contributed by atoms with Crippen LogP contribution in [-0.2, 0) is 6.42 Å². The molecule has 3 aromatic rings. The Morgan fingerprint density at radius 1 is 1.32 bits per heavy atom. The molecule has 4 rings (SSSR count). The molecule has 3 heterocycles. The number of fused-ring (bicyclic) bond motifs is 1. The second-order valence-electron chi connectivity index (χ2n) is 6.28. The van der Waals surface area contributed by atoms with Gasteiger partial charge in [-0.2, -0.15) is 0 Å². The SMILES string of the molecule is Cc1nc(-c2cccs2)sc1C(=O)N(C)[C@H]1CCCc2cccnc21. The van der Waals surface area contributed by atoms with Gasteiger partial charge >= 0.3 is 0 Å². The van der Waals surface area contributed by atoms with E-state index in [4.69, 9.17) is 0 Å². The summed E-state index contributed by atoms with van der Waals surface area (Å²) in [5.74, 6) is 0.0429. The highest BCUT2D eigenvalue weighted by Gasteiger charge is 2.30. The molecule has 0 bridgehead atoms. The van der Waals surface area contributed by atoms with Crippen molar-refractivity contribution in [2.75, 3.05) is 7.05 Å². The number of aryl methyl sites for hydroxylation is 2. The molecule has 6 heteroatoms. The summed E-state index contributed by atoms with van der Waals surface area (Å²) in [6.07, 6.45) is 4.91. The van der Waals surface area contributed by atoms with Crippen molar-refractivity contribution in [2.24, 2.45) is 0 Å². The Balaban J connectivity index is 1.64. The molecule has 4 nitrogen and oxygen atoms in total. The van der Waals surface area contributed by atoms with Gasteiger partial charge in [-0.3, -0.25) is 9.78 Å². The number of rotatable bonds is 3. The van der Waals surface area contributed by atoms with Crippen molar-refractivity contribution < 1.29 is 4.79 Å². The number of carbonyl (C=O) groups excluding carboxylic acids is 1. The lowest BCUT2D eigenvalue weighted by atomic mass is 9.91. The first-order chi connectivity index (χ1) is 12.1. The quantitative estimate of drug-likeness (QED) is 0.671. The van der Waals surface area contributed by atoms with Gasteiger partial charge in [0, 0.05) is 13.2 Å². The van der Waals surface area contributed by atoms with E-state index in [9.17, 15) is 4.79 Å². The molecule has 1 atom stereocenters. The van der Waals surface area contributed by atoms with Gasteiger partial charge in [0.25, 0.3) is 5.91 Å². The summed E-state index contributed by atoms with van der Waals surface area (Å²) in [4.78, 5) is 26.0. The molecule has 0 unspecified atom stereocenters. The van der Waals surface area contributed by atoms with E-state index < -0.39 is 0 Å². The molecule has 0 radical (unpaired) electrons. The first-order valence-electron chi connectivity index (χ1n) is 8.37. The zero-order valence-corrected chi connectivity index (χ0v) is 15.9. The molecular formula is C19H19N3OS2. The monoisotopic (exact) mass is 369 g/mol. The normalized spacial score (nSPS) is 16.5. The van der Waals surface area contributed by atoms with Crippen LogP contribution in [0, 0.1) is 6.92 Å². The molecule has 0 spiro atoms. The predicted octanol–water partition coefficient (Wildman–Crippen LogP) is 4.72. The minimum Gasteiger partial charge on any atom is -0.332 e. The molecule has 1 aliphatic rings. The van der Waals surface area contributed by atoms with Crippen molar-refractivity contribution in [1.29, 1.82) is 0 Å². The van der Waals surface area contributed by atoms with Crippen LogP contribution in [0.2, 0.25) is 0 Å². The van der Waals surface area contributed by atoms with Crippen LogP contribution in [-0.4, -0.2) is 27.8 Å². The number of nitrogens with zero attached hydrogens (tertiary/aromatic N) is 3. The van der Waals surface area contributed by atoms with Gasteiger partial charge in [0.05, 0.1) is 22.3 Å². The van der Waals surface area contributed by atoms with Crippen molar-refractivity contribution >= 4 is 28.6 Å². The van der Waals surface area contributed by atoms with E-state index in [1.54, 1.807) is 11.3 Å². The average molecular weight is 370 g/mol. The summed E-state index contributed by atoms with van der Waals surface area (Å²) >= 11 is 3.14. The van der Waals surface area contributed by atoms with Crippen LogP contribution in [0.3, 0.4) is 0 Å². The van der Waals surface area contributed by atoms with Gasteiger partial charge < -0.3 is 4.90 Å². The fourth-order valence-corrected chi connectivity index (χ4v) is 5.21. The van der Waals surface area contributed by atoms with Gasteiger partial charge in [0.15, 0.2) is 0 Å². The topological polar surface area (TPSA) is 46.1 Å². The Labute approximate surface area is 155 Å². The summed E-state index contributed by atoms with van der Waals surface area (Å²) in [5.41, 5.74) is 3.12. The lowest BCUT2D eigenvalue weighted by Crippen LogP contribution is -2.33. The van der Waals surface area contributed by atoms with Gasteiger partial charge in [-0.1, -0.05) is 12.1 Å². The number of amides is 1. The van der Waals surface area contributed by atoms with E-state index in [2.05, 4.69) is 16.0 Å². The highest BCUT2D eigenvalue weighted by Crippen LogP contribution is 2.35. The number of thiophene rings is 1. The molecule has 0 saturated carbocycles. The first kappa shape index (κ1) is 16.4. The zero-order chi connectivity index (χ0) is 17.4. The summed E-state index contributed by atoms with van der Waals surface area (Å²) in [5, 5.41) is 2.95. The van der Waals surface area contributed by atoms with Crippen LogP contribution in [0.25, 0.3) is 9.88 Å². The van der Waals surface area contributed by atoms with E-state index in [1.165, 1.54) is 16.9 Å². The third-order valence-corrected chi connectivity index (χ3v) is 6.86. The van der Waals surface area contributed by atoms with Crippen molar-refractivity contribution in [1.82, 2.24) is 14.9 Å².